The lowest BCUT2D eigenvalue weighted by atomic mass is 9.82. The Kier molecular flexibility index (Phi) is 7.17. The average Bonchev–Trinajstić information content (AvgIpc) is 2.86. The molecule has 0 amide bonds. The largest absolute Gasteiger partial charge is 0.468 e. The van der Waals surface area contributed by atoms with Crippen LogP contribution in [0.4, 0.5) is 13.2 Å². The standard InChI is InChI=1S/C20H30F3N3O2/c1-27-18(15-2-5-16(24)6-3-15)12-26-10-8-14-4-7-19(25-17(14)9-11-26)28-13-20(21,22)23/h4,7,15-16,18H,2-3,5-6,8-13,24H2,1H3. The Morgan fingerprint density at radius 3 is 2.57 bits per heavy atom. The van der Waals surface area contributed by atoms with Crippen molar-refractivity contribution >= 4 is 0 Å². The molecule has 3 rings (SSSR count). The van der Waals surface area contributed by atoms with Gasteiger partial charge in [-0.3, -0.25) is 0 Å². The number of pyridine rings is 1. The molecule has 2 N–H and O–H groups in total. The maximum Gasteiger partial charge on any atom is 0.422 e. The minimum atomic E-state index is -4.36. The summed E-state index contributed by atoms with van der Waals surface area (Å²) < 4.78 is 47.6. The average molecular weight is 401 g/mol. The molecule has 0 bridgehead atoms. The summed E-state index contributed by atoms with van der Waals surface area (Å²) in [5.74, 6) is 0.578. The molecule has 5 nitrogen and oxygen atoms in total. The number of hydrogen-bond donors (Lipinski definition) is 1. The Bertz CT molecular complexity index is 634. The molecule has 1 aliphatic carbocycles. The number of halogens is 3. The van der Waals surface area contributed by atoms with Crippen molar-refractivity contribution in [2.75, 3.05) is 33.4 Å². The summed E-state index contributed by atoms with van der Waals surface area (Å²) in [6, 6.07) is 3.69. The zero-order valence-electron chi connectivity index (χ0n) is 16.4. The highest BCUT2D eigenvalue weighted by atomic mass is 19.4. The fraction of sp³-hybridized carbons (Fsp3) is 0.750. The molecule has 0 saturated heterocycles. The molecule has 0 spiro atoms. The zero-order valence-corrected chi connectivity index (χ0v) is 16.4. The van der Waals surface area contributed by atoms with Crippen LogP contribution < -0.4 is 10.5 Å². The number of ether oxygens (including phenoxy) is 2. The third-order valence-corrected chi connectivity index (χ3v) is 5.87. The van der Waals surface area contributed by atoms with Crippen LogP contribution in [0.25, 0.3) is 0 Å². The van der Waals surface area contributed by atoms with Crippen molar-refractivity contribution in [3.8, 4) is 5.88 Å². The van der Waals surface area contributed by atoms with E-state index in [9.17, 15) is 13.2 Å². The molecule has 2 aliphatic rings. The number of rotatable bonds is 6. The number of methoxy groups -OCH3 is 1. The minimum Gasteiger partial charge on any atom is -0.468 e. The molecule has 1 saturated carbocycles. The van der Waals surface area contributed by atoms with Crippen LogP contribution in [0.2, 0.25) is 0 Å². The topological polar surface area (TPSA) is 60.6 Å². The quantitative estimate of drug-likeness (QED) is 0.794. The van der Waals surface area contributed by atoms with Gasteiger partial charge in [-0.25, -0.2) is 4.98 Å². The van der Waals surface area contributed by atoms with E-state index < -0.39 is 12.8 Å². The number of alkyl halides is 3. The number of hydrogen-bond acceptors (Lipinski definition) is 5. The van der Waals surface area contributed by atoms with Gasteiger partial charge < -0.3 is 20.1 Å². The van der Waals surface area contributed by atoms with Crippen molar-refractivity contribution in [3.05, 3.63) is 23.4 Å². The fourth-order valence-electron chi connectivity index (χ4n) is 4.21. The van der Waals surface area contributed by atoms with E-state index in [0.29, 0.717) is 18.4 Å². The predicted molar refractivity (Wildman–Crippen MR) is 100 cm³/mol. The van der Waals surface area contributed by atoms with Crippen molar-refractivity contribution in [2.24, 2.45) is 11.7 Å². The van der Waals surface area contributed by atoms with Crippen molar-refractivity contribution in [2.45, 2.75) is 56.8 Å². The summed E-state index contributed by atoms with van der Waals surface area (Å²) in [7, 11) is 1.78. The van der Waals surface area contributed by atoms with Crippen LogP contribution in [-0.4, -0.2) is 61.6 Å². The molecule has 1 fully saturated rings. The first-order chi connectivity index (χ1) is 13.3. The first kappa shape index (κ1) is 21.3. The number of nitrogens with two attached hydrogens (primary N) is 1. The lowest BCUT2D eigenvalue weighted by Crippen LogP contribution is -2.41. The minimum absolute atomic E-state index is 0.0397. The normalized spacial score (nSPS) is 25.0. The molecule has 1 aromatic rings. The molecular formula is C20H30F3N3O2. The van der Waals surface area contributed by atoms with Crippen LogP contribution in [0.5, 0.6) is 5.88 Å². The van der Waals surface area contributed by atoms with E-state index in [1.165, 1.54) is 6.07 Å². The Morgan fingerprint density at radius 1 is 1.18 bits per heavy atom. The second kappa shape index (κ2) is 9.41. The van der Waals surface area contributed by atoms with Gasteiger partial charge in [-0.15, -0.1) is 0 Å². The van der Waals surface area contributed by atoms with E-state index in [0.717, 1.165) is 63.0 Å². The van der Waals surface area contributed by atoms with E-state index >= 15 is 0 Å². The van der Waals surface area contributed by atoms with Crippen LogP contribution in [0.1, 0.15) is 36.9 Å². The highest BCUT2D eigenvalue weighted by Crippen LogP contribution is 2.28. The smallest absolute Gasteiger partial charge is 0.422 e. The van der Waals surface area contributed by atoms with Crippen LogP contribution in [0.3, 0.4) is 0 Å². The maximum absolute atomic E-state index is 12.3. The van der Waals surface area contributed by atoms with Crippen molar-refractivity contribution in [3.63, 3.8) is 0 Å². The second-order valence-corrected chi connectivity index (χ2v) is 7.91. The summed E-state index contributed by atoms with van der Waals surface area (Å²) in [5, 5.41) is 0. The van der Waals surface area contributed by atoms with E-state index in [-0.39, 0.29) is 12.0 Å². The SMILES string of the molecule is COC(CN1CCc2ccc(OCC(F)(F)F)nc2CC1)C1CCC(N)CC1. The summed E-state index contributed by atoms with van der Waals surface area (Å²) in [6.45, 7) is 1.26. The Morgan fingerprint density at radius 2 is 1.89 bits per heavy atom. The molecule has 158 valence electrons. The number of fused-ring (bicyclic) bond motifs is 1. The third-order valence-electron chi connectivity index (χ3n) is 5.87. The number of nitrogens with zero attached hydrogens (tertiary/aromatic N) is 2. The molecule has 28 heavy (non-hydrogen) atoms. The van der Waals surface area contributed by atoms with Gasteiger partial charge in [0.2, 0.25) is 5.88 Å². The van der Waals surface area contributed by atoms with Gasteiger partial charge in [0.15, 0.2) is 6.61 Å². The van der Waals surface area contributed by atoms with Gasteiger partial charge in [0.1, 0.15) is 0 Å². The first-order valence-electron chi connectivity index (χ1n) is 10.0. The summed E-state index contributed by atoms with van der Waals surface area (Å²) >= 11 is 0. The van der Waals surface area contributed by atoms with Gasteiger partial charge in [-0.1, -0.05) is 6.07 Å². The molecule has 8 heteroatoms. The van der Waals surface area contributed by atoms with Gasteiger partial charge >= 0.3 is 6.18 Å². The highest BCUT2D eigenvalue weighted by molar-refractivity contribution is 5.27. The fourth-order valence-corrected chi connectivity index (χ4v) is 4.21. The van der Waals surface area contributed by atoms with Gasteiger partial charge in [0, 0.05) is 51.0 Å². The first-order valence-corrected chi connectivity index (χ1v) is 10.0. The van der Waals surface area contributed by atoms with E-state index in [1.807, 2.05) is 6.07 Å². The number of aromatic nitrogens is 1. The van der Waals surface area contributed by atoms with Crippen LogP contribution in [0.15, 0.2) is 12.1 Å². The molecule has 1 aliphatic heterocycles. The van der Waals surface area contributed by atoms with Gasteiger partial charge in [0.05, 0.1) is 6.10 Å². The van der Waals surface area contributed by atoms with E-state index in [1.54, 1.807) is 7.11 Å². The van der Waals surface area contributed by atoms with Crippen molar-refractivity contribution < 1.29 is 22.6 Å². The van der Waals surface area contributed by atoms with E-state index in [2.05, 4.69) is 9.88 Å². The third kappa shape index (κ3) is 6.06. The molecule has 1 aromatic heterocycles. The maximum atomic E-state index is 12.3. The lowest BCUT2D eigenvalue weighted by molar-refractivity contribution is -0.154. The predicted octanol–water partition coefficient (Wildman–Crippen LogP) is 2.96. The molecule has 1 unspecified atom stereocenters. The summed E-state index contributed by atoms with van der Waals surface area (Å²) in [5.41, 5.74) is 7.93. The van der Waals surface area contributed by atoms with Gasteiger partial charge in [0.25, 0.3) is 0 Å². The molecule has 2 heterocycles. The second-order valence-electron chi connectivity index (χ2n) is 7.91. The summed E-state index contributed by atoms with van der Waals surface area (Å²) in [4.78, 5) is 6.69. The van der Waals surface area contributed by atoms with Crippen LogP contribution >= 0.6 is 0 Å². The molecular weight excluding hydrogens is 371 g/mol. The monoisotopic (exact) mass is 401 g/mol. The van der Waals surface area contributed by atoms with Gasteiger partial charge in [-0.05, 0) is 43.6 Å². The Labute approximate surface area is 164 Å². The Hall–Kier alpha value is -1.38. The molecule has 0 aromatic carbocycles. The zero-order chi connectivity index (χ0) is 20.1. The van der Waals surface area contributed by atoms with Crippen LogP contribution in [0, 0.1) is 5.92 Å². The highest BCUT2D eigenvalue weighted by Gasteiger charge is 2.30. The van der Waals surface area contributed by atoms with E-state index in [4.69, 9.17) is 15.2 Å². The lowest BCUT2D eigenvalue weighted by Gasteiger charge is -2.34. The molecule has 0 radical (unpaired) electrons. The molecule has 1 atom stereocenters. The van der Waals surface area contributed by atoms with Gasteiger partial charge in [-0.2, -0.15) is 13.2 Å². The van der Waals surface area contributed by atoms with Crippen molar-refractivity contribution in [1.82, 2.24) is 9.88 Å². The van der Waals surface area contributed by atoms with Crippen LogP contribution in [-0.2, 0) is 17.6 Å². The summed E-state index contributed by atoms with van der Waals surface area (Å²) in [6.07, 6.45) is 1.68. The van der Waals surface area contributed by atoms with Crippen molar-refractivity contribution in [1.29, 1.82) is 0 Å². The Balaban J connectivity index is 1.56.